The maximum atomic E-state index is 3.99. The summed E-state index contributed by atoms with van der Waals surface area (Å²) in [6, 6.07) is 7.96. The van der Waals surface area contributed by atoms with Crippen LogP contribution >= 0.6 is 0 Å². The lowest BCUT2D eigenvalue weighted by atomic mass is 10.2. The molecule has 0 bridgehead atoms. The van der Waals surface area contributed by atoms with E-state index in [2.05, 4.69) is 16.5 Å². The number of nitrogens with one attached hydrogen (secondary N) is 1. The van der Waals surface area contributed by atoms with E-state index in [1.165, 1.54) is 0 Å². The highest BCUT2D eigenvalue weighted by molar-refractivity contribution is 5.88. The van der Waals surface area contributed by atoms with Crippen LogP contribution in [0.3, 0.4) is 0 Å². The predicted octanol–water partition coefficient (Wildman–Crippen LogP) is 1.81. The Labute approximate surface area is 65.3 Å². The van der Waals surface area contributed by atoms with Gasteiger partial charge in [-0.2, -0.15) is 0 Å². The highest BCUT2D eigenvalue weighted by Gasteiger charge is 1.97. The number of hydrogen-bond acceptors (Lipinski definition) is 2. The Bertz CT molecular complexity index is 313. The van der Waals surface area contributed by atoms with Gasteiger partial charge in [-0.15, -0.1) is 0 Å². The molecule has 0 aromatic heterocycles. The highest BCUT2D eigenvalue weighted by atomic mass is 14.9. The van der Waals surface area contributed by atoms with Crippen LogP contribution in [0.25, 0.3) is 0 Å². The average Bonchev–Trinajstić information content (AvgIpc) is 2.28. The third-order valence-electron chi connectivity index (χ3n) is 1.52. The van der Waals surface area contributed by atoms with Gasteiger partial charge in [0.2, 0.25) is 0 Å². The first-order valence-electron chi connectivity index (χ1n) is 3.42. The standard InChI is InChI=1S/C9H7N2/c1-2-4-9-8(3-1)7-10-5-6-11-9/h1-5,7,11H. The normalized spacial score (nSPS) is 13.5. The summed E-state index contributed by atoms with van der Waals surface area (Å²) in [5.74, 6) is 0. The fourth-order valence-electron chi connectivity index (χ4n) is 0.988. The number of aliphatic imine (C=N–C) groups is 1. The second kappa shape index (κ2) is 2.58. The molecule has 1 N–H and O–H groups in total. The van der Waals surface area contributed by atoms with Gasteiger partial charge in [0.15, 0.2) is 0 Å². The smallest absolute Gasteiger partial charge is 0.0825 e. The fourth-order valence-corrected chi connectivity index (χ4v) is 0.988. The van der Waals surface area contributed by atoms with Gasteiger partial charge in [-0.05, 0) is 6.07 Å². The number of rotatable bonds is 0. The second-order valence-electron chi connectivity index (χ2n) is 2.26. The molecule has 0 aliphatic carbocycles. The molecular formula is C9H7N2. The van der Waals surface area contributed by atoms with Gasteiger partial charge < -0.3 is 5.32 Å². The summed E-state index contributed by atoms with van der Waals surface area (Å²) < 4.78 is 0. The molecule has 1 aromatic rings. The Morgan fingerprint density at radius 2 is 2.18 bits per heavy atom. The third-order valence-corrected chi connectivity index (χ3v) is 1.52. The van der Waals surface area contributed by atoms with E-state index in [-0.39, 0.29) is 0 Å². The molecule has 0 unspecified atom stereocenters. The maximum absolute atomic E-state index is 3.99. The largest absolute Gasteiger partial charge is 0.352 e. The minimum absolute atomic E-state index is 1.05. The molecule has 0 fully saturated rings. The van der Waals surface area contributed by atoms with Crippen LogP contribution in [0, 0.1) is 6.20 Å². The van der Waals surface area contributed by atoms with Gasteiger partial charge in [0.25, 0.3) is 0 Å². The summed E-state index contributed by atoms with van der Waals surface area (Å²) in [7, 11) is 0. The molecule has 2 heteroatoms. The molecule has 1 radical (unpaired) electrons. The van der Waals surface area contributed by atoms with Crippen molar-refractivity contribution < 1.29 is 0 Å². The van der Waals surface area contributed by atoms with E-state index in [0.29, 0.717) is 0 Å². The summed E-state index contributed by atoms with van der Waals surface area (Å²) >= 11 is 0. The Balaban J connectivity index is 2.52. The molecule has 0 atom stereocenters. The van der Waals surface area contributed by atoms with Gasteiger partial charge in [-0.1, -0.05) is 18.2 Å². The van der Waals surface area contributed by atoms with E-state index in [4.69, 9.17) is 0 Å². The van der Waals surface area contributed by atoms with Crippen molar-refractivity contribution in [3.05, 3.63) is 42.2 Å². The van der Waals surface area contributed by atoms with Crippen molar-refractivity contribution in [2.75, 3.05) is 5.32 Å². The number of anilines is 1. The third kappa shape index (κ3) is 1.15. The van der Waals surface area contributed by atoms with Crippen LogP contribution < -0.4 is 5.32 Å². The van der Waals surface area contributed by atoms with Crippen molar-refractivity contribution in [3.8, 4) is 0 Å². The lowest BCUT2D eigenvalue weighted by Gasteiger charge is -2.00. The average molecular weight is 143 g/mol. The molecule has 11 heavy (non-hydrogen) atoms. The van der Waals surface area contributed by atoms with Crippen LogP contribution in [-0.4, -0.2) is 6.21 Å². The molecular weight excluding hydrogens is 136 g/mol. The Kier molecular flexibility index (Phi) is 1.44. The first kappa shape index (κ1) is 6.16. The van der Waals surface area contributed by atoms with Gasteiger partial charge in [0.1, 0.15) is 0 Å². The first-order valence-corrected chi connectivity index (χ1v) is 3.42. The van der Waals surface area contributed by atoms with Gasteiger partial charge in [-0.3, -0.25) is 4.99 Å². The molecule has 0 spiro atoms. The molecule has 0 amide bonds. The number of para-hydroxylation sites is 1. The van der Waals surface area contributed by atoms with Crippen molar-refractivity contribution >= 4 is 11.9 Å². The zero-order valence-electron chi connectivity index (χ0n) is 5.91. The van der Waals surface area contributed by atoms with E-state index < -0.39 is 0 Å². The lowest BCUT2D eigenvalue weighted by molar-refractivity contribution is 1.51. The van der Waals surface area contributed by atoms with Crippen LogP contribution in [0.1, 0.15) is 5.56 Å². The highest BCUT2D eigenvalue weighted by Crippen LogP contribution is 2.13. The Morgan fingerprint density at radius 1 is 1.27 bits per heavy atom. The molecule has 2 rings (SSSR count). The number of hydrogen-bond donors (Lipinski definition) is 1. The summed E-state index contributed by atoms with van der Waals surface area (Å²) in [4.78, 5) is 3.99. The quantitative estimate of drug-likeness (QED) is 0.588. The van der Waals surface area contributed by atoms with Crippen LogP contribution in [0.4, 0.5) is 5.69 Å². The minimum Gasteiger partial charge on any atom is -0.352 e. The van der Waals surface area contributed by atoms with Gasteiger partial charge >= 0.3 is 0 Å². The number of nitrogens with zero attached hydrogens (tertiary/aromatic N) is 1. The van der Waals surface area contributed by atoms with Gasteiger partial charge in [0.05, 0.1) is 12.4 Å². The lowest BCUT2D eigenvalue weighted by Crippen LogP contribution is -1.90. The molecule has 1 aliphatic rings. The topological polar surface area (TPSA) is 24.4 Å². The minimum atomic E-state index is 1.05. The predicted molar refractivity (Wildman–Crippen MR) is 45.5 cm³/mol. The SMILES string of the molecule is [C]1=CN=Cc2ccccc2N1. The van der Waals surface area contributed by atoms with Crippen molar-refractivity contribution in [2.24, 2.45) is 4.99 Å². The molecule has 1 aliphatic heterocycles. The van der Waals surface area contributed by atoms with Crippen molar-refractivity contribution in [3.63, 3.8) is 0 Å². The number of benzene rings is 1. The molecule has 0 saturated heterocycles. The summed E-state index contributed by atoms with van der Waals surface area (Å²) in [5.41, 5.74) is 2.14. The zero-order chi connectivity index (χ0) is 7.52. The van der Waals surface area contributed by atoms with E-state index in [0.717, 1.165) is 11.3 Å². The van der Waals surface area contributed by atoms with E-state index in [9.17, 15) is 0 Å². The van der Waals surface area contributed by atoms with Crippen molar-refractivity contribution in [2.45, 2.75) is 0 Å². The molecule has 0 saturated carbocycles. The Hall–Kier alpha value is -1.57. The van der Waals surface area contributed by atoms with Crippen LogP contribution in [0.5, 0.6) is 0 Å². The molecule has 1 heterocycles. The zero-order valence-corrected chi connectivity index (χ0v) is 5.91. The van der Waals surface area contributed by atoms with E-state index >= 15 is 0 Å². The van der Waals surface area contributed by atoms with Crippen molar-refractivity contribution in [1.82, 2.24) is 0 Å². The van der Waals surface area contributed by atoms with Crippen LogP contribution in [0.2, 0.25) is 0 Å². The second-order valence-corrected chi connectivity index (χ2v) is 2.26. The van der Waals surface area contributed by atoms with Crippen LogP contribution in [-0.2, 0) is 0 Å². The maximum Gasteiger partial charge on any atom is 0.0825 e. The monoisotopic (exact) mass is 143 g/mol. The number of fused-ring (bicyclic) bond motifs is 1. The van der Waals surface area contributed by atoms with Crippen LogP contribution in [0.15, 0.2) is 35.5 Å². The summed E-state index contributed by atoms with van der Waals surface area (Å²) in [6.07, 6.45) is 6.25. The van der Waals surface area contributed by atoms with E-state index in [1.54, 1.807) is 6.20 Å². The summed E-state index contributed by atoms with van der Waals surface area (Å²) in [5, 5.41) is 2.99. The molecule has 53 valence electrons. The van der Waals surface area contributed by atoms with Gasteiger partial charge in [-0.25, -0.2) is 0 Å². The van der Waals surface area contributed by atoms with Gasteiger partial charge in [0, 0.05) is 17.5 Å². The summed E-state index contributed by atoms with van der Waals surface area (Å²) in [6.45, 7) is 0. The molecule has 2 nitrogen and oxygen atoms in total. The first-order chi connectivity index (χ1) is 5.47. The Morgan fingerprint density at radius 3 is 3.18 bits per heavy atom. The van der Waals surface area contributed by atoms with Crippen molar-refractivity contribution in [1.29, 1.82) is 0 Å². The molecule has 1 aromatic carbocycles. The van der Waals surface area contributed by atoms with E-state index in [1.807, 2.05) is 30.5 Å². The fraction of sp³-hybridized carbons (Fsp3) is 0.